The van der Waals surface area contributed by atoms with Gasteiger partial charge in [-0.25, -0.2) is 0 Å². The molecule has 2 saturated heterocycles. The van der Waals surface area contributed by atoms with E-state index in [1.165, 1.54) is 5.56 Å². The molecule has 1 amide bonds. The van der Waals surface area contributed by atoms with E-state index in [1.54, 1.807) is 7.11 Å². The van der Waals surface area contributed by atoms with E-state index in [9.17, 15) is 4.79 Å². The number of nitrogens with zero attached hydrogens (tertiary/aromatic N) is 2. The first-order chi connectivity index (χ1) is 12.2. The summed E-state index contributed by atoms with van der Waals surface area (Å²) in [7, 11) is 3.83. The van der Waals surface area contributed by atoms with Crippen LogP contribution in [0.3, 0.4) is 0 Å². The molecule has 0 bridgehead atoms. The van der Waals surface area contributed by atoms with Gasteiger partial charge >= 0.3 is 0 Å². The summed E-state index contributed by atoms with van der Waals surface area (Å²) in [6, 6.07) is 8.34. The van der Waals surface area contributed by atoms with E-state index in [1.807, 2.05) is 12.1 Å². The van der Waals surface area contributed by atoms with E-state index < -0.39 is 0 Å². The molecule has 2 atom stereocenters. The maximum absolute atomic E-state index is 12.3. The fourth-order valence-corrected chi connectivity index (χ4v) is 3.51. The molecule has 0 aromatic heterocycles. The Kier molecular flexibility index (Phi) is 6.29. The number of hydrogen-bond acceptors (Lipinski definition) is 5. The van der Waals surface area contributed by atoms with Crippen LogP contribution in [0.1, 0.15) is 24.4 Å². The molecule has 2 unspecified atom stereocenters. The highest BCUT2D eigenvalue weighted by Gasteiger charge is 2.27. The van der Waals surface area contributed by atoms with E-state index in [4.69, 9.17) is 9.47 Å². The van der Waals surface area contributed by atoms with E-state index >= 15 is 0 Å². The van der Waals surface area contributed by atoms with Crippen molar-refractivity contribution in [2.24, 2.45) is 0 Å². The van der Waals surface area contributed by atoms with Crippen LogP contribution in [0.25, 0.3) is 0 Å². The van der Waals surface area contributed by atoms with E-state index in [0.29, 0.717) is 13.2 Å². The van der Waals surface area contributed by atoms with Gasteiger partial charge in [0.15, 0.2) is 0 Å². The first-order valence-corrected chi connectivity index (χ1v) is 9.13. The molecule has 1 aromatic rings. The number of benzene rings is 1. The number of ether oxygens (including phenoxy) is 2. The number of likely N-dealkylation sites (N-methyl/N-ethyl adjacent to an activating group) is 1. The summed E-state index contributed by atoms with van der Waals surface area (Å²) >= 11 is 0. The average molecular weight is 347 g/mol. The van der Waals surface area contributed by atoms with Gasteiger partial charge in [-0.1, -0.05) is 12.1 Å². The van der Waals surface area contributed by atoms with Crippen molar-refractivity contribution in [2.75, 3.05) is 53.5 Å². The zero-order valence-corrected chi connectivity index (χ0v) is 15.2. The van der Waals surface area contributed by atoms with E-state index in [2.05, 4.69) is 34.3 Å². The molecule has 2 fully saturated rings. The molecule has 2 aliphatic heterocycles. The first-order valence-electron chi connectivity index (χ1n) is 9.13. The summed E-state index contributed by atoms with van der Waals surface area (Å²) in [4.78, 5) is 17.1. The molecule has 0 aliphatic carbocycles. The molecular weight excluding hydrogens is 318 g/mol. The van der Waals surface area contributed by atoms with Gasteiger partial charge in [-0.15, -0.1) is 0 Å². The molecule has 25 heavy (non-hydrogen) atoms. The number of hydrogen-bond donors (Lipinski definition) is 1. The number of rotatable bonds is 6. The summed E-state index contributed by atoms with van der Waals surface area (Å²) in [6.45, 7) is 5.40. The number of carbonyl (C=O) groups is 1. The molecule has 138 valence electrons. The lowest BCUT2D eigenvalue weighted by molar-refractivity contribution is -0.130. The predicted octanol–water partition coefficient (Wildman–Crippen LogP) is 1.28. The van der Waals surface area contributed by atoms with Gasteiger partial charge in [0.2, 0.25) is 5.91 Å². The van der Waals surface area contributed by atoms with Gasteiger partial charge in [-0.3, -0.25) is 9.69 Å². The lowest BCUT2D eigenvalue weighted by Crippen LogP contribution is -2.49. The highest BCUT2D eigenvalue weighted by molar-refractivity contribution is 5.81. The van der Waals surface area contributed by atoms with Gasteiger partial charge in [0.25, 0.3) is 0 Å². The molecule has 0 saturated carbocycles. The number of methoxy groups -OCH3 is 1. The second-order valence-corrected chi connectivity index (χ2v) is 6.88. The van der Waals surface area contributed by atoms with Crippen LogP contribution in [0.4, 0.5) is 0 Å². The number of nitrogens with one attached hydrogen (secondary N) is 1. The van der Waals surface area contributed by atoms with Crippen molar-refractivity contribution in [1.29, 1.82) is 0 Å². The van der Waals surface area contributed by atoms with Crippen molar-refractivity contribution >= 4 is 5.91 Å². The van der Waals surface area contributed by atoms with Crippen LogP contribution in [-0.4, -0.2) is 75.3 Å². The molecule has 6 heteroatoms. The van der Waals surface area contributed by atoms with Crippen molar-refractivity contribution in [3.05, 3.63) is 29.8 Å². The van der Waals surface area contributed by atoms with Crippen LogP contribution < -0.4 is 10.1 Å². The Labute approximate surface area is 150 Å². The van der Waals surface area contributed by atoms with Crippen LogP contribution in [0, 0.1) is 0 Å². The molecule has 0 radical (unpaired) electrons. The number of amides is 1. The van der Waals surface area contributed by atoms with Gasteiger partial charge in [0, 0.05) is 39.3 Å². The predicted molar refractivity (Wildman–Crippen MR) is 96.8 cm³/mol. The maximum atomic E-state index is 12.3. The largest absolute Gasteiger partial charge is 0.497 e. The quantitative estimate of drug-likeness (QED) is 0.840. The lowest BCUT2D eigenvalue weighted by atomic mass is 10.0. The minimum atomic E-state index is -0.274. The van der Waals surface area contributed by atoms with Gasteiger partial charge in [-0.05, 0) is 37.6 Å². The molecular formula is C19H29N3O3. The minimum Gasteiger partial charge on any atom is -0.497 e. The molecule has 2 heterocycles. The van der Waals surface area contributed by atoms with Crippen LogP contribution >= 0.6 is 0 Å². The second-order valence-electron chi connectivity index (χ2n) is 6.88. The Morgan fingerprint density at radius 1 is 1.28 bits per heavy atom. The Morgan fingerprint density at radius 2 is 2.00 bits per heavy atom. The van der Waals surface area contributed by atoms with Crippen molar-refractivity contribution < 1.29 is 14.3 Å². The minimum absolute atomic E-state index is 0.0186. The molecule has 3 rings (SSSR count). The first kappa shape index (κ1) is 18.2. The maximum Gasteiger partial charge on any atom is 0.249 e. The second kappa shape index (κ2) is 8.65. The number of piperazine rings is 1. The fraction of sp³-hybridized carbons (Fsp3) is 0.632. The summed E-state index contributed by atoms with van der Waals surface area (Å²) in [5.74, 6) is 0.870. The van der Waals surface area contributed by atoms with E-state index in [0.717, 1.165) is 44.8 Å². The zero-order valence-electron chi connectivity index (χ0n) is 15.2. The third-order valence-corrected chi connectivity index (χ3v) is 5.17. The molecule has 0 spiro atoms. The normalized spacial score (nSPS) is 23.4. The Bertz CT molecular complexity index is 550. The summed E-state index contributed by atoms with van der Waals surface area (Å²) in [5, 5.41) is 3.11. The van der Waals surface area contributed by atoms with E-state index in [-0.39, 0.29) is 18.1 Å². The Morgan fingerprint density at radius 3 is 2.60 bits per heavy atom. The zero-order chi connectivity index (χ0) is 17.6. The molecule has 6 nitrogen and oxygen atoms in total. The van der Waals surface area contributed by atoms with Gasteiger partial charge in [-0.2, -0.15) is 0 Å². The van der Waals surface area contributed by atoms with Crippen LogP contribution in [0.2, 0.25) is 0 Å². The van der Waals surface area contributed by atoms with Gasteiger partial charge in [0.1, 0.15) is 11.9 Å². The van der Waals surface area contributed by atoms with Crippen LogP contribution in [0.15, 0.2) is 24.3 Å². The topological polar surface area (TPSA) is 54.0 Å². The Hall–Kier alpha value is -1.63. The highest BCUT2D eigenvalue weighted by atomic mass is 16.5. The Balaban J connectivity index is 1.67. The molecule has 2 aliphatic rings. The van der Waals surface area contributed by atoms with Crippen LogP contribution in [0.5, 0.6) is 5.75 Å². The summed E-state index contributed by atoms with van der Waals surface area (Å²) < 4.78 is 10.8. The highest BCUT2D eigenvalue weighted by Crippen LogP contribution is 2.24. The van der Waals surface area contributed by atoms with Gasteiger partial charge in [0.05, 0.1) is 13.2 Å². The SMILES string of the molecule is COc1ccc(C(CNC(=O)C2CCCO2)N2CCN(C)CC2)cc1. The third kappa shape index (κ3) is 4.71. The standard InChI is InChI=1S/C19H29N3O3/c1-21-9-11-22(12-10-21)17(15-5-7-16(24-2)8-6-15)14-20-19(23)18-4-3-13-25-18/h5-8,17-18H,3-4,9-14H2,1-2H3,(H,20,23). The fourth-order valence-electron chi connectivity index (χ4n) is 3.51. The summed E-state index contributed by atoms with van der Waals surface area (Å²) in [6.07, 6.45) is 1.52. The van der Waals surface area contributed by atoms with Crippen molar-refractivity contribution in [1.82, 2.24) is 15.1 Å². The molecule has 1 aromatic carbocycles. The monoisotopic (exact) mass is 347 g/mol. The number of carbonyl (C=O) groups excluding carboxylic acids is 1. The third-order valence-electron chi connectivity index (χ3n) is 5.17. The molecule has 1 N–H and O–H groups in total. The van der Waals surface area contributed by atoms with Crippen molar-refractivity contribution in [3.8, 4) is 5.75 Å². The summed E-state index contributed by atoms with van der Waals surface area (Å²) in [5.41, 5.74) is 1.21. The average Bonchev–Trinajstić information content (AvgIpc) is 3.18. The smallest absolute Gasteiger partial charge is 0.249 e. The van der Waals surface area contributed by atoms with Crippen LogP contribution in [-0.2, 0) is 9.53 Å². The van der Waals surface area contributed by atoms with Crippen molar-refractivity contribution in [3.63, 3.8) is 0 Å². The lowest BCUT2D eigenvalue weighted by Gasteiger charge is -2.38. The van der Waals surface area contributed by atoms with Crippen molar-refractivity contribution in [2.45, 2.75) is 25.0 Å². The van der Waals surface area contributed by atoms with Gasteiger partial charge < -0.3 is 19.7 Å².